The second-order valence-electron chi connectivity index (χ2n) is 5.50. The summed E-state index contributed by atoms with van der Waals surface area (Å²) in [5.74, 6) is 0.638. The molecule has 0 radical (unpaired) electrons. The van der Waals surface area contributed by atoms with Gasteiger partial charge in [0.05, 0.1) is 0 Å². The summed E-state index contributed by atoms with van der Waals surface area (Å²) < 4.78 is 13.3. The van der Waals surface area contributed by atoms with Crippen LogP contribution in [0.3, 0.4) is 0 Å². The van der Waals surface area contributed by atoms with Crippen molar-refractivity contribution in [2.75, 3.05) is 7.05 Å². The third kappa shape index (κ3) is 4.94. The normalized spacial score (nSPS) is 14.4. The Morgan fingerprint density at radius 3 is 2.53 bits per heavy atom. The van der Waals surface area contributed by atoms with E-state index >= 15 is 0 Å². The van der Waals surface area contributed by atoms with E-state index in [2.05, 4.69) is 19.2 Å². The van der Waals surface area contributed by atoms with Gasteiger partial charge >= 0.3 is 0 Å². The van der Waals surface area contributed by atoms with Gasteiger partial charge in [-0.1, -0.05) is 51.7 Å². The van der Waals surface area contributed by atoms with E-state index in [1.165, 1.54) is 31.2 Å². The van der Waals surface area contributed by atoms with Crippen molar-refractivity contribution in [3.05, 3.63) is 35.1 Å². The van der Waals surface area contributed by atoms with Crippen LogP contribution in [0.25, 0.3) is 0 Å². The van der Waals surface area contributed by atoms with Crippen LogP contribution in [0, 0.1) is 18.7 Å². The number of halogens is 1. The Hall–Kier alpha value is -0.890. The Balaban J connectivity index is 2.72. The third-order valence-corrected chi connectivity index (χ3v) is 4.05. The van der Waals surface area contributed by atoms with Gasteiger partial charge < -0.3 is 5.32 Å². The smallest absolute Gasteiger partial charge is 0.126 e. The number of aryl methyl sites for hydroxylation is 1. The number of unbranched alkanes of at least 4 members (excludes halogenated alkanes) is 1. The fraction of sp³-hybridized carbons (Fsp3) is 0.647. The molecule has 1 aromatic carbocycles. The van der Waals surface area contributed by atoms with Crippen molar-refractivity contribution in [1.29, 1.82) is 0 Å². The minimum Gasteiger partial charge on any atom is -0.313 e. The summed E-state index contributed by atoms with van der Waals surface area (Å²) in [6.07, 6.45) is 6.22. The van der Waals surface area contributed by atoms with E-state index in [4.69, 9.17) is 0 Å². The Labute approximate surface area is 117 Å². The van der Waals surface area contributed by atoms with Crippen molar-refractivity contribution >= 4 is 0 Å². The quantitative estimate of drug-likeness (QED) is 0.697. The molecule has 19 heavy (non-hydrogen) atoms. The number of nitrogens with one attached hydrogen (secondary N) is 1. The van der Waals surface area contributed by atoms with Gasteiger partial charge in [-0.25, -0.2) is 4.39 Å². The van der Waals surface area contributed by atoms with Crippen molar-refractivity contribution in [1.82, 2.24) is 5.32 Å². The molecule has 2 atom stereocenters. The molecule has 0 heterocycles. The first-order valence-electron chi connectivity index (χ1n) is 7.55. The highest BCUT2D eigenvalue weighted by Crippen LogP contribution is 2.27. The highest BCUT2D eigenvalue weighted by molar-refractivity contribution is 5.26. The standard InChI is InChI=1S/C17H28FN/c1-5-7-8-14(6-2)12-17(19-4)15-9-10-16(18)13(3)11-15/h9-11,14,17,19H,5-8,12H2,1-4H3. The zero-order valence-corrected chi connectivity index (χ0v) is 12.8. The number of rotatable bonds is 8. The molecule has 2 heteroatoms. The molecule has 1 rings (SSSR count). The van der Waals surface area contributed by atoms with Crippen LogP contribution in [0.5, 0.6) is 0 Å². The monoisotopic (exact) mass is 265 g/mol. The zero-order chi connectivity index (χ0) is 14.3. The van der Waals surface area contributed by atoms with Crippen molar-refractivity contribution in [2.24, 2.45) is 5.92 Å². The average Bonchev–Trinajstić information content (AvgIpc) is 2.42. The van der Waals surface area contributed by atoms with E-state index in [1.807, 2.05) is 26.1 Å². The second-order valence-corrected chi connectivity index (χ2v) is 5.50. The van der Waals surface area contributed by atoms with Gasteiger partial charge in [-0.05, 0) is 43.5 Å². The largest absolute Gasteiger partial charge is 0.313 e. The SMILES string of the molecule is CCCCC(CC)CC(NC)c1ccc(F)c(C)c1. The van der Waals surface area contributed by atoms with Gasteiger partial charge in [0.2, 0.25) is 0 Å². The predicted octanol–water partition coefficient (Wildman–Crippen LogP) is 5.00. The lowest BCUT2D eigenvalue weighted by Crippen LogP contribution is -2.20. The molecule has 0 bridgehead atoms. The summed E-state index contributed by atoms with van der Waals surface area (Å²) in [7, 11) is 2.00. The molecule has 1 nitrogen and oxygen atoms in total. The summed E-state index contributed by atoms with van der Waals surface area (Å²) in [6, 6.07) is 5.81. The van der Waals surface area contributed by atoms with Crippen LogP contribution in [0.2, 0.25) is 0 Å². The first kappa shape index (κ1) is 16.2. The van der Waals surface area contributed by atoms with E-state index < -0.39 is 0 Å². The van der Waals surface area contributed by atoms with Gasteiger partial charge in [0.15, 0.2) is 0 Å². The summed E-state index contributed by atoms with van der Waals surface area (Å²) >= 11 is 0. The Bertz CT molecular complexity index is 376. The summed E-state index contributed by atoms with van der Waals surface area (Å²) in [4.78, 5) is 0. The average molecular weight is 265 g/mol. The summed E-state index contributed by atoms with van der Waals surface area (Å²) in [5.41, 5.74) is 1.94. The van der Waals surface area contributed by atoms with Crippen LogP contribution in [0.15, 0.2) is 18.2 Å². The fourth-order valence-corrected chi connectivity index (χ4v) is 2.62. The fourth-order valence-electron chi connectivity index (χ4n) is 2.62. The van der Waals surface area contributed by atoms with E-state index in [0.29, 0.717) is 6.04 Å². The molecule has 2 unspecified atom stereocenters. The lowest BCUT2D eigenvalue weighted by molar-refractivity contribution is 0.364. The lowest BCUT2D eigenvalue weighted by atomic mass is 9.89. The highest BCUT2D eigenvalue weighted by atomic mass is 19.1. The second kappa shape index (κ2) is 8.31. The van der Waals surface area contributed by atoms with Crippen LogP contribution in [0.1, 0.15) is 63.1 Å². The maximum Gasteiger partial charge on any atom is 0.126 e. The number of hydrogen-bond donors (Lipinski definition) is 1. The van der Waals surface area contributed by atoms with E-state index in [0.717, 1.165) is 17.9 Å². The van der Waals surface area contributed by atoms with Crippen molar-refractivity contribution in [3.8, 4) is 0 Å². The van der Waals surface area contributed by atoms with E-state index in [1.54, 1.807) is 6.07 Å². The van der Waals surface area contributed by atoms with Crippen LogP contribution in [-0.2, 0) is 0 Å². The van der Waals surface area contributed by atoms with Crippen molar-refractivity contribution in [3.63, 3.8) is 0 Å². The molecule has 0 amide bonds. The maximum absolute atomic E-state index is 13.3. The highest BCUT2D eigenvalue weighted by Gasteiger charge is 2.16. The molecule has 0 spiro atoms. The van der Waals surface area contributed by atoms with Gasteiger partial charge in [0.1, 0.15) is 5.82 Å². The molecule has 0 aliphatic carbocycles. The molecule has 0 saturated heterocycles. The minimum atomic E-state index is -0.114. The first-order chi connectivity index (χ1) is 9.12. The molecule has 0 fully saturated rings. The summed E-state index contributed by atoms with van der Waals surface area (Å²) in [5, 5.41) is 3.38. The van der Waals surface area contributed by atoms with Gasteiger partial charge in [-0.2, -0.15) is 0 Å². The molecule has 108 valence electrons. The number of hydrogen-bond acceptors (Lipinski definition) is 1. The van der Waals surface area contributed by atoms with Crippen LogP contribution >= 0.6 is 0 Å². The molecular weight excluding hydrogens is 237 g/mol. The molecule has 0 aliphatic rings. The topological polar surface area (TPSA) is 12.0 Å². The molecule has 0 aliphatic heterocycles. The van der Waals surface area contributed by atoms with Crippen LogP contribution in [-0.4, -0.2) is 7.05 Å². The maximum atomic E-state index is 13.3. The molecular formula is C17H28FN. The Morgan fingerprint density at radius 1 is 1.26 bits per heavy atom. The van der Waals surface area contributed by atoms with E-state index in [9.17, 15) is 4.39 Å². The van der Waals surface area contributed by atoms with Crippen molar-refractivity contribution < 1.29 is 4.39 Å². The van der Waals surface area contributed by atoms with Gasteiger partial charge in [-0.15, -0.1) is 0 Å². The minimum absolute atomic E-state index is 0.114. The zero-order valence-electron chi connectivity index (χ0n) is 12.8. The first-order valence-corrected chi connectivity index (χ1v) is 7.55. The molecule has 0 saturated carbocycles. The van der Waals surface area contributed by atoms with Crippen LogP contribution in [0.4, 0.5) is 4.39 Å². The summed E-state index contributed by atoms with van der Waals surface area (Å²) in [6.45, 7) is 6.34. The molecule has 1 N–H and O–H groups in total. The number of benzene rings is 1. The third-order valence-electron chi connectivity index (χ3n) is 4.05. The van der Waals surface area contributed by atoms with Crippen molar-refractivity contribution in [2.45, 2.75) is 58.9 Å². The van der Waals surface area contributed by atoms with Gasteiger partial charge in [0, 0.05) is 6.04 Å². The van der Waals surface area contributed by atoms with Gasteiger partial charge in [0.25, 0.3) is 0 Å². The Morgan fingerprint density at radius 2 is 2.00 bits per heavy atom. The molecule has 1 aromatic rings. The molecule has 0 aromatic heterocycles. The lowest BCUT2D eigenvalue weighted by Gasteiger charge is -2.23. The Kier molecular flexibility index (Phi) is 7.07. The predicted molar refractivity (Wildman–Crippen MR) is 80.9 cm³/mol. The van der Waals surface area contributed by atoms with Gasteiger partial charge in [-0.3, -0.25) is 0 Å². The van der Waals surface area contributed by atoms with Crippen LogP contribution < -0.4 is 5.32 Å². The van der Waals surface area contributed by atoms with E-state index in [-0.39, 0.29) is 5.82 Å².